The van der Waals surface area contributed by atoms with Gasteiger partial charge in [0.05, 0.1) is 0 Å². The summed E-state index contributed by atoms with van der Waals surface area (Å²) in [6, 6.07) is 0. The second kappa shape index (κ2) is 7.49. The van der Waals surface area contributed by atoms with Crippen LogP contribution in [0.5, 0.6) is 0 Å². The van der Waals surface area contributed by atoms with E-state index in [1.54, 1.807) is 0 Å². The quantitative estimate of drug-likeness (QED) is 0.588. The molecule has 120 valence electrons. The summed E-state index contributed by atoms with van der Waals surface area (Å²) in [6.45, 7) is 9.42. The predicted molar refractivity (Wildman–Crippen MR) is 93.0 cm³/mol. The van der Waals surface area contributed by atoms with Crippen LogP contribution in [0.1, 0.15) is 66.7 Å². The summed E-state index contributed by atoms with van der Waals surface area (Å²) in [5.41, 5.74) is -0.524. The van der Waals surface area contributed by atoms with Gasteiger partial charge in [-0.15, -0.1) is 0 Å². The third-order valence-electron chi connectivity index (χ3n) is 4.19. The van der Waals surface area contributed by atoms with E-state index >= 15 is 0 Å². The zero-order valence-electron chi connectivity index (χ0n) is 14.3. The Morgan fingerprint density at radius 3 is 2.05 bits per heavy atom. The third kappa shape index (κ3) is 4.88. The molecule has 0 aromatic rings. The van der Waals surface area contributed by atoms with Gasteiger partial charge in [-0.25, -0.2) is 0 Å². The van der Waals surface area contributed by atoms with E-state index in [0.29, 0.717) is 22.3 Å². The summed E-state index contributed by atoms with van der Waals surface area (Å²) in [4.78, 5) is 13.1. The number of carbonyl (C=O) groups excluding carboxylic acids is 1. The first-order valence-electron chi connectivity index (χ1n) is 8.17. The minimum Gasteiger partial charge on any atom is -0.292 e. The normalized spacial score (nSPS) is 17.0. The van der Waals surface area contributed by atoms with Gasteiger partial charge in [0.1, 0.15) is 4.86 Å². The standard InChI is InChI=1S/C18H30O2S/c1-6-21(20,7-2)16(17(19)18(3,4)5)14-13-15-11-9-8-10-12-15/h15H,6-12H2,1-5H3. The van der Waals surface area contributed by atoms with Crippen LogP contribution < -0.4 is 0 Å². The van der Waals surface area contributed by atoms with Crippen LogP contribution in [0.3, 0.4) is 0 Å². The average molecular weight is 311 g/mol. The van der Waals surface area contributed by atoms with Gasteiger partial charge in [-0.05, 0) is 22.4 Å². The minimum absolute atomic E-state index is 0.0421. The van der Waals surface area contributed by atoms with E-state index in [2.05, 4.69) is 11.8 Å². The molecule has 0 amide bonds. The Labute approximate surface area is 131 Å². The number of carbonyl (C=O) groups is 1. The van der Waals surface area contributed by atoms with Crippen molar-refractivity contribution in [2.45, 2.75) is 66.7 Å². The first-order valence-corrected chi connectivity index (χ1v) is 10.1. The Morgan fingerprint density at radius 2 is 1.62 bits per heavy atom. The molecule has 1 rings (SSSR count). The molecule has 1 aliphatic carbocycles. The van der Waals surface area contributed by atoms with Crippen LogP contribution in [-0.2, 0) is 14.3 Å². The zero-order chi connectivity index (χ0) is 16.1. The fraction of sp³-hybridized carbons (Fsp3) is 0.778. The topological polar surface area (TPSA) is 34.1 Å². The Bertz CT molecular complexity index is 530. The van der Waals surface area contributed by atoms with Gasteiger partial charge in [-0.2, -0.15) is 0 Å². The molecule has 1 fully saturated rings. The number of Topliss-reactive ketones (excluding diaryl/α,β-unsaturated/α-hetero) is 1. The second-order valence-electron chi connectivity index (χ2n) is 6.90. The third-order valence-corrected chi connectivity index (χ3v) is 7.08. The van der Waals surface area contributed by atoms with Gasteiger partial charge in [0.25, 0.3) is 0 Å². The van der Waals surface area contributed by atoms with E-state index in [-0.39, 0.29) is 5.78 Å². The number of ketones is 1. The highest BCUT2D eigenvalue weighted by molar-refractivity contribution is 8.03. The molecule has 0 N–H and O–H groups in total. The Balaban J connectivity index is 3.25. The lowest BCUT2D eigenvalue weighted by Crippen LogP contribution is -2.34. The summed E-state index contributed by atoms with van der Waals surface area (Å²) in [7, 11) is -2.30. The van der Waals surface area contributed by atoms with Crippen LogP contribution >= 0.6 is 0 Å². The lowest BCUT2D eigenvalue weighted by atomic mass is 9.87. The molecule has 0 radical (unpaired) electrons. The molecule has 0 bridgehead atoms. The van der Waals surface area contributed by atoms with Gasteiger partial charge < -0.3 is 0 Å². The smallest absolute Gasteiger partial charge is 0.184 e. The van der Waals surface area contributed by atoms with Crippen molar-refractivity contribution in [3.05, 3.63) is 0 Å². The summed E-state index contributed by atoms with van der Waals surface area (Å²) in [5, 5.41) is 0. The van der Waals surface area contributed by atoms with Crippen LogP contribution in [0.25, 0.3) is 0 Å². The Hall–Kier alpha value is -0.750. The van der Waals surface area contributed by atoms with Gasteiger partial charge >= 0.3 is 0 Å². The van der Waals surface area contributed by atoms with E-state index in [4.69, 9.17) is 0 Å². The monoisotopic (exact) mass is 310 g/mol. The van der Waals surface area contributed by atoms with Gasteiger partial charge in [0.2, 0.25) is 0 Å². The lowest BCUT2D eigenvalue weighted by molar-refractivity contribution is -0.119. The Kier molecular flexibility index (Phi) is 6.53. The largest absolute Gasteiger partial charge is 0.292 e. The highest BCUT2D eigenvalue weighted by Crippen LogP contribution is 2.23. The van der Waals surface area contributed by atoms with E-state index in [9.17, 15) is 9.00 Å². The summed E-state index contributed by atoms with van der Waals surface area (Å²) >= 11 is 0. The molecule has 0 atom stereocenters. The molecule has 1 aliphatic rings. The van der Waals surface area contributed by atoms with Gasteiger partial charge in [-0.3, -0.25) is 9.00 Å². The number of hydrogen-bond donors (Lipinski definition) is 0. The fourth-order valence-corrected chi connectivity index (χ4v) is 4.44. The fourth-order valence-electron chi connectivity index (χ4n) is 2.57. The van der Waals surface area contributed by atoms with E-state index in [0.717, 1.165) is 12.8 Å². The molecule has 0 spiro atoms. The van der Waals surface area contributed by atoms with Crippen molar-refractivity contribution in [3.63, 3.8) is 0 Å². The molecular formula is C18H30O2S. The van der Waals surface area contributed by atoms with Crippen molar-refractivity contribution in [1.82, 2.24) is 0 Å². The first-order chi connectivity index (χ1) is 9.74. The molecule has 0 aromatic carbocycles. The number of hydrogen-bond acceptors (Lipinski definition) is 2. The van der Waals surface area contributed by atoms with Gasteiger partial charge in [0.15, 0.2) is 5.78 Å². The molecule has 0 heterocycles. The van der Waals surface area contributed by atoms with Crippen LogP contribution in [-0.4, -0.2) is 26.4 Å². The Morgan fingerprint density at radius 1 is 1.10 bits per heavy atom. The average Bonchev–Trinajstić information content (AvgIpc) is 2.47. The maximum absolute atomic E-state index is 13.0. The van der Waals surface area contributed by atoms with Crippen molar-refractivity contribution in [2.24, 2.45) is 11.3 Å². The van der Waals surface area contributed by atoms with Crippen molar-refractivity contribution in [3.8, 4) is 11.8 Å². The van der Waals surface area contributed by atoms with Gasteiger partial charge in [-0.1, -0.05) is 65.7 Å². The van der Waals surface area contributed by atoms with E-state index in [1.165, 1.54) is 19.3 Å². The molecule has 0 aliphatic heterocycles. The molecule has 21 heavy (non-hydrogen) atoms. The molecule has 0 aromatic heterocycles. The molecule has 0 saturated heterocycles. The highest BCUT2D eigenvalue weighted by atomic mass is 32.2. The minimum atomic E-state index is -2.30. The summed E-state index contributed by atoms with van der Waals surface area (Å²) < 4.78 is 13.0. The van der Waals surface area contributed by atoms with Gasteiger partial charge in [0, 0.05) is 22.8 Å². The summed E-state index contributed by atoms with van der Waals surface area (Å²) in [6.07, 6.45) is 5.96. The van der Waals surface area contributed by atoms with Crippen molar-refractivity contribution in [1.29, 1.82) is 0 Å². The van der Waals surface area contributed by atoms with Crippen molar-refractivity contribution in [2.75, 3.05) is 11.5 Å². The predicted octanol–water partition coefficient (Wildman–Crippen LogP) is 3.68. The van der Waals surface area contributed by atoms with Crippen molar-refractivity contribution >= 4 is 20.2 Å². The maximum atomic E-state index is 13.0. The molecule has 2 nitrogen and oxygen atoms in total. The van der Waals surface area contributed by atoms with Crippen LogP contribution in [0, 0.1) is 23.2 Å². The first kappa shape index (κ1) is 18.3. The summed E-state index contributed by atoms with van der Waals surface area (Å²) in [5.74, 6) is 7.67. The van der Waals surface area contributed by atoms with E-state index < -0.39 is 14.9 Å². The van der Waals surface area contributed by atoms with Crippen LogP contribution in [0.15, 0.2) is 0 Å². The van der Waals surface area contributed by atoms with Crippen molar-refractivity contribution < 1.29 is 9.00 Å². The maximum Gasteiger partial charge on any atom is 0.184 e. The molecule has 1 saturated carbocycles. The molecular weight excluding hydrogens is 280 g/mol. The second-order valence-corrected chi connectivity index (χ2v) is 10.1. The highest BCUT2D eigenvalue weighted by Gasteiger charge is 2.28. The lowest BCUT2D eigenvalue weighted by Gasteiger charge is -2.20. The molecule has 3 heteroatoms. The van der Waals surface area contributed by atoms with E-state index in [1.807, 2.05) is 34.6 Å². The zero-order valence-corrected chi connectivity index (χ0v) is 15.1. The number of rotatable bonds is 3. The SMILES string of the molecule is CCS(=O)(CC)=C(C#CC1CCCCC1)C(=O)C(C)(C)C. The van der Waals surface area contributed by atoms with Crippen LogP contribution in [0.2, 0.25) is 0 Å². The van der Waals surface area contributed by atoms with Crippen LogP contribution in [0.4, 0.5) is 0 Å². The molecule has 0 unspecified atom stereocenters.